The number of nitrogens with zero attached hydrogens (tertiary/aromatic N) is 4. The number of aryl methyl sites for hydroxylation is 1. The number of imidazole rings is 1. The highest BCUT2D eigenvalue weighted by atomic mass is 16.5. The molecule has 1 aliphatic rings. The van der Waals surface area contributed by atoms with E-state index in [4.69, 9.17) is 4.52 Å². The van der Waals surface area contributed by atoms with Gasteiger partial charge in [0.1, 0.15) is 6.33 Å². The predicted octanol–water partition coefficient (Wildman–Crippen LogP) is 5.00. The quantitative estimate of drug-likeness (QED) is 0.451. The molecule has 7 heteroatoms. The van der Waals surface area contributed by atoms with Gasteiger partial charge >= 0.3 is 0 Å². The molecule has 3 heterocycles. The standard InChI is InChI=1S/C24H19N5O2/c1-14-22-18(12-20(15-6-7-15)27-24(22)31-28-14)23(30)26-16-8-10-17(11-9-16)29-13-25-19-4-2-3-5-21(19)29/h2-5,8-13,15H,6-7H2,1H3,(H,26,30). The number of rotatable bonds is 4. The van der Waals surface area contributed by atoms with E-state index in [0.29, 0.717) is 34.0 Å². The largest absolute Gasteiger partial charge is 0.336 e. The zero-order valence-corrected chi connectivity index (χ0v) is 16.9. The van der Waals surface area contributed by atoms with Crippen molar-refractivity contribution in [1.82, 2.24) is 19.7 Å². The molecule has 0 spiro atoms. The summed E-state index contributed by atoms with van der Waals surface area (Å²) in [5.41, 5.74) is 6.21. The minimum Gasteiger partial charge on any atom is -0.336 e. The van der Waals surface area contributed by atoms with Crippen LogP contribution in [0.5, 0.6) is 0 Å². The van der Waals surface area contributed by atoms with Crippen LogP contribution in [0.1, 0.15) is 40.5 Å². The summed E-state index contributed by atoms with van der Waals surface area (Å²) in [7, 11) is 0. The number of carbonyl (C=O) groups is 1. The molecule has 1 N–H and O–H groups in total. The number of fused-ring (bicyclic) bond motifs is 2. The van der Waals surface area contributed by atoms with Gasteiger partial charge in [-0.15, -0.1) is 0 Å². The molecule has 1 saturated carbocycles. The zero-order valence-electron chi connectivity index (χ0n) is 16.9. The Kier molecular flexibility index (Phi) is 3.89. The van der Waals surface area contributed by atoms with Gasteiger partial charge in [-0.1, -0.05) is 17.3 Å². The van der Waals surface area contributed by atoms with Crippen LogP contribution in [0.25, 0.3) is 27.8 Å². The number of pyridine rings is 1. The maximum Gasteiger partial charge on any atom is 0.259 e. The monoisotopic (exact) mass is 409 g/mol. The molecular weight excluding hydrogens is 390 g/mol. The Morgan fingerprint density at radius 1 is 1.13 bits per heavy atom. The molecule has 1 fully saturated rings. The average Bonchev–Trinajstić information content (AvgIpc) is 3.46. The van der Waals surface area contributed by atoms with Gasteiger partial charge in [0.15, 0.2) is 0 Å². The van der Waals surface area contributed by atoms with Crippen LogP contribution in [-0.4, -0.2) is 25.6 Å². The van der Waals surface area contributed by atoms with Crippen LogP contribution in [0.3, 0.4) is 0 Å². The summed E-state index contributed by atoms with van der Waals surface area (Å²) in [6, 6.07) is 17.6. The molecule has 0 atom stereocenters. The molecule has 0 bridgehead atoms. The second-order valence-electron chi connectivity index (χ2n) is 7.92. The minimum absolute atomic E-state index is 0.193. The number of nitrogens with one attached hydrogen (secondary N) is 1. The van der Waals surface area contributed by atoms with Gasteiger partial charge in [0.25, 0.3) is 11.6 Å². The molecule has 0 unspecified atom stereocenters. The number of benzene rings is 2. The van der Waals surface area contributed by atoms with Crippen molar-refractivity contribution in [2.45, 2.75) is 25.7 Å². The first-order valence-corrected chi connectivity index (χ1v) is 10.3. The second-order valence-corrected chi connectivity index (χ2v) is 7.92. The Bertz CT molecular complexity index is 1440. The van der Waals surface area contributed by atoms with E-state index in [1.807, 2.05) is 66.1 Å². The van der Waals surface area contributed by atoms with Gasteiger partial charge < -0.3 is 9.84 Å². The lowest BCUT2D eigenvalue weighted by Gasteiger charge is -2.09. The first-order chi connectivity index (χ1) is 15.2. The summed E-state index contributed by atoms with van der Waals surface area (Å²) in [6.45, 7) is 1.82. The highest BCUT2D eigenvalue weighted by Gasteiger charge is 2.28. The molecule has 31 heavy (non-hydrogen) atoms. The van der Waals surface area contributed by atoms with Gasteiger partial charge in [0.05, 0.1) is 27.7 Å². The number of aromatic nitrogens is 4. The molecule has 7 nitrogen and oxygen atoms in total. The fourth-order valence-electron chi connectivity index (χ4n) is 3.95. The Labute approximate surface area is 177 Å². The van der Waals surface area contributed by atoms with Crippen molar-refractivity contribution in [2.24, 2.45) is 0 Å². The number of carbonyl (C=O) groups excluding carboxylic acids is 1. The minimum atomic E-state index is -0.193. The maximum absolute atomic E-state index is 13.1. The van der Waals surface area contributed by atoms with Crippen LogP contribution in [0.2, 0.25) is 0 Å². The zero-order chi connectivity index (χ0) is 20.9. The van der Waals surface area contributed by atoms with E-state index >= 15 is 0 Å². The molecule has 1 amide bonds. The van der Waals surface area contributed by atoms with Gasteiger partial charge in [-0.25, -0.2) is 9.97 Å². The van der Waals surface area contributed by atoms with E-state index in [1.165, 1.54) is 0 Å². The molecule has 2 aromatic carbocycles. The molecule has 0 saturated heterocycles. The molecule has 0 aliphatic heterocycles. The summed E-state index contributed by atoms with van der Waals surface area (Å²) in [5, 5.41) is 7.68. The molecule has 6 rings (SSSR count). The summed E-state index contributed by atoms with van der Waals surface area (Å²) >= 11 is 0. The van der Waals surface area contributed by atoms with E-state index in [9.17, 15) is 4.79 Å². The predicted molar refractivity (Wildman–Crippen MR) is 118 cm³/mol. The van der Waals surface area contributed by atoms with Gasteiger partial charge in [-0.3, -0.25) is 9.36 Å². The fourth-order valence-corrected chi connectivity index (χ4v) is 3.95. The van der Waals surface area contributed by atoms with Gasteiger partial charge in [-0.2, -0.15) is 0 Å². The molecule has 5 aromatic rings. The summed E-state index contributed by atoms with van der Waals surface area (Å²) in [4.78, 5) is 22.1. The van der Waals surface area contributed by atoms with Crippen LogP contribution in [0.15, 0.2) is 65.4 Å². The topological polar surface area (TPSA) is 85.8 Å². The normalized spacial score (nSPS) is 13.7. The van der Waals surface area contributed by atoms with Crippen molar-refractivity contribution in [3.63, 3.8) is 0 Å². The summed E-state index contributed by atoms with van der Waals surface area (Å²) in [5.74, 6) is 0.215. The van der Waals surface area contributed by atoms with Crippen molar-refractivity contribution < 1.29 is 9.32 Å². The second kappa shape index (κ2) is 6.77. The van der Waals surface area contributed by atoms with Crippen LogP contribution in [-0.2, 0) is 0 Å². The lowest BCUT2D eigenvalue weighted by Crippen LogP contribution is -2.13. The molecule has 3 aromatic heterocycles. The van der Waals surface area contributed by atoms with E-state index in [-0.39, 0.29) is 5.91 Å². The van der Waals surface area contributed by atoms with Crippen LogP contribution in [0, 0.1) is 6.92 Å². The molecule has 1 aliphatic carbocycles. The van der Waals surface area contributed by atoms with Gasteiger partial charge in [0.2, 0.25) is 0 Å². The van der Waals surface area contributed by atoms with Crippen LogP contribution in [0.4, 0.5) is 5.69 Å². The van der Waals surface area contributed by atoms with Crippen LogP contribution >= 0.6 is 0 Å². The lowest BCUT2D eigenvalue weighted by atomic mass is 10.1. The number of hydrogen-bond donors (Lipinski definition) is 1. The number of para-hydroxylation sites is 2. The Morgan fingerprint density at radius 2 is 1.94 bits per heavy atom. The fraction of sp³-hybridized carbons (Fsp3) is 0.167. The van der Waals surface area contributed by atoms with Crippen molar-refractivity contribution in [1.29, 1.82) is 0 Å². The SMILES string of the molecule is Cc1noc2nc(C3CC3)cc(C(=O)Nc3ccc(-n4cnc5ccccc54)cc3)c12. The highest BCUT2D eigenvalue weighted by Crippen LogP contribution is 2.40. The van der Waals surface area contributed by atoms with Gasteiger partial charge in [-0.05, 0) is 62.2 Å². The average molecular weight is 409 g/mol. The Balaban J connectivity index is 1.31. The van der Waals surface area contributed by atoms with E-state index in [2.05, 4.69) is 20.4 Å². The third-order valence-corrected chi connectivity index (χ3v) is 5.73. The summed E-state index contributed by atoms with van der Waals surface area (Å²) < 4.78 is 7.37. The van der Waals surface area contributed by atoms with Crippen molar-refractivity contribution in [3.8, 4) is 5.69 Å². The van der Waals surface area contributed by atoms with Crippen LogP contribution < -0.4 is 5.32 Å². The third-order valence-electron chi connectivity index (χ3n) is 5.73. The van der Waals surface area contributed by atoms with Crippen molar-refractivity contribution in [2.75, 3.05) is 5.32 Å². The smallest absolute Gasteiger partial charge is 0.259 e. The number of anilines is 1. The Morgan fingerprint density at radius 3 is 2.74 bits per heavy atom. The molecule has 152 valence electrons. The maximum atomic E-state index is 13.1. The van der Waals surface area contributed by atoms with E-state index in [1.54, 1.807) is 6.33 Å². The molecule has 0 radical (unpaired) electrons. The highest BCUT2D eigenvalue weighted by molar-refractivity contribution is 6.12. The van der Waals surface area contributed by atoms with Crippen molar-refractivity contribution >= 4 is 33.7 Å². The Hall–Kier alpha value is -4.00. The van der Waals surface area contributed by atoms with Gasteiger partial charge in [0, 0.05) is 23.0 Å². The first kappa shape index (κ1) is 17.8. The summed E-state index contributed by atoms with van der Waals surface area (Å²) in [6.07, 6.45) is 3.99. The van der Waals surface area contributed by atoms with Crippen molar-refractivity contribution in [3.05, 3.63) is 77.9 Å². The molecular formula is C24H19N5O2. The lowest BCUT2D eigenvalue weighted by molar-refractivity contribution is 0.102. The number of hydrogen-bond acceptors (Lipinski definition) is 5. The van der Waals surface area contributed by atoms with E-state index in [0.717, 1.165) is 35.3 Å². The third kappa shape index (κ3) is 3.06. The first-order valence-electron chi connectivity index (χ1n) is 10.3. The number of amides is 1. The van der Waals surface area contributed by atoms with E-state index < -0.39 is 0 Å².